The molecule has 7 heavy (non-hydrogen) atoms. The highest BCUT2D eigenvalue weighted by Gasteiger charge is 2.14. The second-order valence-electron chi connectivity index (χ2n) is 1.89. The van der Waals surface area contributed by atoms with Gasteiger partial charge in [-0.25, -0.2) is 0 Å². The van der Waals surface area contributed by atoms with Gasteiger partial charge in [-0.3, -0.25) is 5.41 Å². The van der Waals surface area contributed by atoms with Crippen LogP contribution in [0.4, 0.5) is 0 Å². The Labute approximate surface area is 43.0 Å². The van der Waals surface area contributed by atoms with Gasteiger partial charge < -0.3 is 4.74 Å². The van der Waals surface area contributed by atoms with Crippen LogP contribution in [0.1, 0.15) is 19.8 Å². The molecule has 1 N–H and O–H groups in total. The van der Waals surface area contributed by atoms with Crippen molar-refractivity contribution in [1.29, 1.82) is 5.41 Å². The Balaban J connectivity index is 2.40. The van der Waals surface area contributed by atoms with Crippen molar-refractivity contribution in [3.8, 4) is 0 Å². The monoisotopic (exact) mass is 99.1 g/mol. The molecule has 1 fully saturated rings. The van der Waals surface area contributed by atoms with Crippen molar-refractivity contribution in [2.75, 3.05) is 0 Å². The van der Waals surface area contributed by atoms with Crippen molar-refractivity contribution in [1.82, 2.24) is 0 Å². The Kier molecular flexibility index (Phi) is 1.01. The van der Waals surface area contributed by atoms with E-state index in [1.165, 1.54) is 0 Å². The fourth-order valence-electron chi connectivity index (χ4n) is 0.695. The summed E-state index contributed by atoms with van der Waals surface area (Å²) in [6, 6.07) is 0. The third-order valence-corrected chi connectivity index (χ3v) is 1.12. The Morgan fingerprint density at radius 2 is 2.57 bits per heavy atom. The van der Waals surface area contributed by atoms with Crippen LogP contribution in [0.2, 0.25) is 0 Å². The zero-order chi connectivity index (χ0) is 5.28. The van der Waals surface area contributed by atoms with E-state index in [0.717, 1.165) is 12.8 Å². The summed E-state index contributed by atoms with van der Waals surface area (Å²) in [7, 11) is 0. The highest BCUT2D eigenvalue weighted by Crippen LogP contribution is 2.11. The molecular formula is C5H9NO. The van der Waals surface area contributed by atoms with Gasteiger partial charge in [-0.05, 0) is 13.3 Å². The molecule has 40 valence electrons. The van der Waals surface area contributed by atoms with Crippen LogP contribution in [-0.2, 0) is 4.74 Å². The summed E-state index contributed by atoms with van der Waals surface area (Å²) in [6.07, 6.45) is 2.16. The maximum atomic E-state index is 6.96. The largest absolute Gasteiger partial charge is 0.478 e. The lowest BCUT2D eigenvalue weighted by Gasteiger charge is -1.97. The lowest BCUT2D eigenvalue weighted by Crippen LogP contribution is -1.98. The van der Waals surface area contributed by atoms with E-state index in [-0.39, 0.29) is 0 Å². The fourth-order valence-corrected chi connectivity index (χ4v) is 0.695. The molecule has 1 saturated heterocycles. The van der Waals surface area contributed by atoms with Gasteiger partial charge in [-0.1, -0.05) is 0 Å². The van der Waals surface area contributed by atoms with Crippen LogP contribution in [0.25, 0.3) is 0 Å². The van der Waals surface area contributed by atoms with E-state index in [1.54, 1.807) is 0 Å². The predicted octanol–water partition coefficient (Wildman–Crippen LogP) is 1.16. The van der Waals surface area contributed by atoms with E-state index in [1.807, 2.05) is 6.92 Å². The average molecular weight is 99.1 g/mol. The molecule has 2 nitrogen and oxygen atoms in total. The van der Waals surface area contributed by atoms with Gasteiger partial charge in [0, 0.05) is 6.42 Å². The summed E-state index contributed by atoms with van der Waals surface area (Å²) >= 11 is 0. The van der Waals surface area contributed by atoms with E-state index in [9.17, 15) is 0 Å². The third-order valence-electron chi connectivity index (χ3n) is 1.12. The first-order chi connectivity index (χ1) is 3.29. The summed E-state index contributed by atoms with van der Waals surface area (Å²) in [5, 5.41) is 6.96. The van der Waals surface area contributed by atoms with Crippen LogP contribution in [-0.4, -0.2) is 12.0 Å². The quantitative estimate of drug-likeness (QED) is 0.485. The molecule has 1 aliphatic rings. The average Bonchev–Trinajstić information content (AvgIpc) is 1.87. The molecule has 0 aromatic rings. The first-order valence-corrected chi connectivity index (χ1v) is 2.53. The molecule has 0 aliphatic carbocycles. The second kappa shape index (κ2) is 1.52. The minimum atomic E-state index is 0.299. The number of hydrogen-bond acceptors (Lipinski definition) is 2. The molecule has 1 rings (SSSR count). The van der Waals surface area contributed by atoms with E-state index in [4.69, 9.17) is 10.1 Å². The number of ether oxygens (including phenoxy) is 1. The normalized spacial score (nSPS) is 30.4. The van der Waals surface area contributed by atoms with Gasteiger partial charge in [0.2, 0.25) is 0 Å². The fraction of sp³-hybridized carbons (Fsp3) is 0.800. The molecule has 0 aromatic carbocycles. The zero-order valence-electron chi connectivity index (χ0n) is 4.40. The third kappa shape index (κ3) is 0.918. The maximum Gasteiger partial charge on any atom is 0.180 e. The molecule has 1 atom stereocenters. The molecule has 0 saturated carbocycles. The van der Waals surface area contributed by atoms with Crippen molar-refractivity contribution in [3.05, 3.63) is 0 Å². The van der Waals surface area contributed by atoms with Crippen LogP contribution in [0.3, 0.4) is 0 Å². The summed E-state index contributed by atoms with van der Waals surface area (Å²) in [5.74, 6) is 0.451. The number of rotatable bonds is 0. The van der Waals surface area contributed by atoms with Crippen LogP contribution in [0, 0.1) is 5.41 Å². The molecule has 0 radical (unpaired) electrons. The molecule has 0 amide bonds. The molecule has 1 aliphatic heterocycles. The van der Waals surface area contributed by atoms with Crippen LogP contribution in [0.5, 0.6) is 0 Å². The topological polar surface area (TPSA) is 33.1 Å². The molecule has 0 aromatic heterocycles. The van der Waals surface area contributed by atoms with Crippen molar-refractivity contribution in [2.45, 2.75) is 25.9 Å². The predicted molar refractivity (Wildman–Crippen MR) is 27.5 cm³/mol. The summed E-state index contributed by atoms with van der Waals surface area (Å²) in [4.78, 5) is 0. The molecule has 1 unspecified atom stereocenters. The van der Waals surface area contributed by atoms with Crippen LogP contribution in [0.15, 0.2) is 0 Å². The van der Waals surface area contributed by atoms with Gasteiger partial charge in [-0.15, -0.1) is 0 Å². The molecule has 1 heterocycles. The molecule has 0 spiro atoms. The summed E-state index contributed by atoms with van der Waals surface area (Å²) in [6.45, 7) is 1.99. The van der Waals surface area contributed by atoms with E-state index in [0.29, 0.717) is 12.0 Å². The Hall–Kier alpha value is -0.530. The molecule has 0 bridgehead atoms. The minimum absolute atomic E-state index is 0.299. The smallest absolute Gasteiger partial charge is 0.180 e. The Morgan fingerprint density at radius 1 is 1.86 bits per heavy atom. The highest BCUT2D eigenvalue weighted by molar-refractivity contribution is 5.74. The lowest BCUT2D eigenvalue weighted by molar-refractivity contribution is 0.238. The van der Waals surface area contributed by atoms with Crippen LogP contribution < -0.4 is 0 Å². The van der Waals surface area contributed by atoms with Gasteiger partial charge in [0.15, 0.2) is 5.90 Å². The summed E-state index contributed by atoms with van der Waals surface area (Å²) < 4.78 is 4.94. The zero-order valence-corrected chi connectivity index (χ0v) is 4.40. The van der Waals surface area contributed by atoms with Crippen LogP contribution >= 0.6 is 0 Å². The maximum absolute atomic E-state index is 6.96. The van der Waals surface area contributed by atoms with Gasteiger partial charge in [0.1, 0.15) is 0 Å². The molecule has 2 heteroatoms. The Bertz CT molecular complexity index is 90.1. The second-order valence-corrected chi connectivity index (χ2v) is 1.89. The minimum Gasteiger partial charge on any atom is -0.478 e. The number of hydrogen-bond donors (Lipinski definition) is 1. The van der Waals surface area contributed by atoms with Gasteiger partial charge in [-0.2, -0.15) is 0 Å². The van der Waals surface area contributed by atoms with Gasteiger partial charge in [0.05, 0.1) is 6.10 Å². The Morgan fingerprint density at radius 3 is 2.71 bits per heavy atom. The van der Waals surface area contributed by atoms with E-state index in [2.05, 4.69) is 0 Å². The highest BCUT2D eigenvalue weighted by atomic mass is 16.5. The van der Waals surface area contributed by atoms with Crippen molar-refractivity contribution in [3.63, 3.8) is 0 Å². The van der Waals surface area contributed by atoms with Crippen molar-refractivity contribution in [2.24, 2.45) is 0 Å². The molecular weight excluding hydrogens is 90.1 g/mol. The first kappa shape index (κ1) is 4.62. The standard InChI is InChI=1S/C5H9NO/c1-4-2-3-5(6)7-4/h4,6H,2-3H2,1H3. The van der Waals surface area contributed by atoms with Gasteiger partial charge >= 0.3 is 0 Å². The van der Waals surface area contributed by atoms with E-state index < -0.39 is 0 Å². The first-order valence-electron chi connectivity index (χ1n) is 2.53. The van der Waals surface area contributed by atoms with Gasteiger partial charge in [0.25, 0.3) is 0 Å². The summed E-state index contributed by atoms with van der Waals surface area (Å²) in [5.41, 5.74) is 0. The van der Waals surface area contributed by atoms with Crippen molar-refractivity contribution < 1.29 is 4.74 Å². The van der Waals surface area contributed by atoms with Crippen molar-refractivity contribution >= 4 is 5.90 Å². The number of nitrogens with one attached hydrogen (secondary N) is 1. The van der Waals surface area contributed by atoms with E-state index >= 15 is 0 Å². The lowest BCUT2D eigenvalue weighted by atomic mass is 10.3. The SMILES string of the molecule is CC1CCC(=N)O1.